The Kier molecular flexibility index (Phi) is 6.87. The SMILES string of the molecule is CCC(Oc1ccc(N(C)S(C)(=O)=O)cc1)C(=O)N(CC)CC. The summed E-state index contributed by atoms with van der Waals surface area (Å²) in [5.41, 5.74) is 0.544. The highest BCUT2D eigenvalue weighted by Crippen LogP contribution is 2.22. The first-order valence-corrected chi connectivity index (χ1v) is 9.58. The van der Waals surface area contributed by atoms with Crippen molar-refractivity contribution in [1.29, 1.82) is 0 Å². The first-order valence-electron chi connectivity index (χ1n) is 7.73. The molecule has 6 nitrogen and oxygen atoms in total. The molecule has 1 aromatic carbocycles. The van der Waals surface area contributed by atoms with Gasteiger partial charge in [-0.2, -0.15) is 0 Å². The van der Waals surface area contributed by atoms with Crippen LogP contribution in [0.2, 0.25) is 0 Å². The predicted molar refractivity (Wildman–Crippen MR) is 92.3 cm³/mol. The zero-order chi connectivity index (χ0) is 17.6. The number of benzene rings is 1. The number of rotatable bonds is 8. The van der Waals surface area contributed by atoms with E-state index in [1.54, 1.807) is 29.2 Å². The molecule has 7 heteroatoms. The van der Waals surface area contributed by atoms with Crippen molar-refractivity contribution >= 4 is 21.6 Å². The van der Waals surface area contributed by atoms with Crippen LogP contribution in [0.1, 0.15) is 27.2 Å². The zero-order valence-electron chi connectivity index (χ0n) is 14.4. The molecular weight excluding hydrogens is 316 g/mol. The molecule has 1 amide bonds. The lowest BCUT2D eigenvalue weighted by Gasteiger charge is -2.25. The minimum Gasteiger partial charge on any atom is -0.481 e. The van der Waals surface area contributed by atoms with Gasteiger partial charge in [0.25, 0.3) is 5.91 Å². The van der Waals surface area contributed by atoms with Crippen LogP contribution >= 0.6 is 0 Å². The van der Waals surface area contributed by atoms with Gasteiger partial charge >= 0.3 is 0 Å². The van der Waals surface area contributed by atoms with Gasteiger partial charge in [0.05, 0.1) is 11.9 Å². The minimum absolute atomic E-state index is 0.0326. The van der Waals surface area contributed by atoms with Gasteiger partial charge in [-0.05, 0) is 44.5 Å². The fraction of sp³-hybridized carbons (Fsp3) is 0.562. The number of hydrogen-bond acceptors (Lipinski definition) is 4. The van der Waals surface area contributed by atoms with Crippen LogP contribution in [0, 0.1) is 0 Å². The largest absolute Gasteiger partial charge is 0.481 e. The molecule has 1 unspecified atom stereocenters. The Labute approximate surface area is 139 Å². The molecule has 1 atom stereocenters. The fourth-order valence-electron chi connectivity index (χ4n) is 2.14. The van der Waals surface area contributed by atoms with Gasteiger partial charge in [0.1, 0.15) is 5.75 Å². The number of anilines is 1. The maximum absolute atomic E-state index is 12.4. The molecule has 0 bridgehead atoms. The third kappa shape index (κ3) is 5.13. The zero-order valence-corrected chi connectivity index (χ0v) is 15.3. The molecule has 0 fully saturated rings. The maximum atomic E-state index is 12.4. The van der Waals surface area contributed by atoms with Crippen molar-refractivity contribution in [1.82, 2.24) is 4.90 Å². The number of likely N-dealkylation sites (N-methyl/N-ethyl adjacent to an activating group) is 1. The highest BCUT2D eigenvalue weighted by molar-refractivity contribution is 7.92. The molecule has 1 rings (SSSR count). The molecule has 0 heterocycles. The van der Waals surface area contributed by atoms with Crippen LogP contribution in [0.4, 0.5) is 5.69 Å². The second-order valence-corrected chi connectivity index (χ2v) is 7.26. The Bertz CT molecular complexity index is 609. The van der Waals surface area contributed by atoms with Crippen LogP contribution in [-0.2, 0) is 14.8 Å². The van der Waals surface area contributed by atoms with E-state index in [9.17, 15) is 13.2 Å². The van der Waals surface area contributed by atoms with Crippen LogP contribution in [0.3, 0.4) is 0 Å². The Morgan fingerprint density at radius 1 is 1.13 bits per heavy atom. The highest BCUT2D eigenvalue weighted by atomic mass is 32.2. The Morgan fingerprint density at radius 3 is 2.04 bits per heavy atom. The van der Waals surface area contributed by atoms with Crippen molar-refractivity contribution < 1.29 is 17.9 Å². The molecule has 0 aromatic heterocycles. The smallest absolute Gasteiger partial charge is 0.263 e. The first-order chi connectivity index (χ1) is 10.7. The van der Waals surface area contributed by atoms with Gasteiger partial charge in [0.2, 0.25) is 10.0 Å². The van der Waals surface area contributed by atoms with Crippen molar-refractivity contribution in [2.24, 2.45) is 0 Å². The molecule has 0 aliphatic carbocycles. The van der Waals surface area contributed by atoms with E-state index in [1.165, 1.54) is 11.4 Å². The Balaban J connectivity index is 2.86. The fourth-order valence-corrected chi connectivity index (χ4v) is 2.64. The first kappa shape index (κ1) is 19.3. The highest BCUT2D eigenvalue weighted by Gasteiger charge is 2.22. The van der Waals surface area contributed by atoms with Gasteiger partial charge in [-0.15, -0.1) is 0 Å². The molecule has 23 heavy (non-hydrogen) atoms. The van der Waals surface area contributed by atoms with Crippen LogP contribution in [-0.4, -0.2) is 51.7 Å². The van der Waals surface area contributed by atoms with Crippen LogP contribution < -0.4 is 9.04 Å². The van der Waals surface area contributed by atoms with Gasteiger partial charge in [-0.25, -0.2) is 8.42 Å². The monoisotopic (exact) mass is 342 g/mol. The van der Waals surface area contributed by atoms with E-state index in [1.807, 2.05) is 20.8 Å². The lowest BCUT2D eigenvalue weighted by Crippen LogP contribution is -2.41. The number of carbonyl (C=O) groups is 1. The van der Waals surface area contributed by atoms with Gasteiger partial charge < -0.3 is 9.64 Å². The molecule has 1 aromatic rings. The second kappa shape index (κ2) is 8.19. The molecule has 0 saturated heterocycles. The summed E-state index contributed by atoms with van der Waals surface area (Å²) in [6.45, 7) is 7.06. The number of hydrogen-bond donors (Lipinski definition) is 0. The van der Waals surface area contributed by atoms with Crippen LogP contribution in [0.25, 0.3) is 0 Å². The van der Waals surface area contributed by atoms with Crippen LogP contribution in [0.15, 0.2) is 24.3 Å². The summed E-state index contributed by atoms with van der Waals surface area (Å²) in [5.74, 6) is 0.512. The summed E-state index contributed by atoms with van der Waals surface area (Å²) in [7, 11) is -1.81. The molecule has 0 saturated carbocycles. The molecule has 0 aliphatic heterocycles. The van der Waals surface area contributed by atoms with Crippen molar-refractivity contribution in [3.8, 4) is 5.75 Å². The summed E-state index contributed by atoms with van der Waals surface area (Å²) in [4.78, 5) is 14.1. The Morgan fingerprint density at radius 2 is 1.65 bits per heavy atom. The van der Waals surface area contributed by atoms with Gasteiger partial charge in [0.15, 0.2) is 6.10 Å². The molecular formula is C16H26N2O4S. The summed E-state index contributed by atoms with van der Waals surface area (Å²) in [5, 5.41) is 0. The topological polar surface area (TPSA) is 66.9 Å². The summed E-state index contributed by atoms with van der Waals surface area (Å²) in [6, 6.07) is 6.67. The van der Waals surface area contributed by atoms with Crippen molar-refractivity contribution in [2.45, 2.75) is 33.3 Å². The van der Waals surface area contributed by atoms with E-state index in [0.717, 1.165) is 6.26 Å². The number of nitrogens with zero attached hydrogens (tertiary/aromatic N) is 2. The molecule has 0 N–H and O–H groups in total. The van der Waals surface area contributed by atoms with Crippen molar-refractivity contribution in [3.05, 3.63) is 24.3 Å². The lowest BCUT2D eigenvalue weighted by atomic mass is 10.2. The summed E-state index contributed by atoms with van der Waals surface area (Å²) < 4.78 is 30.0. The van der Waals surface area contributed by atoms with E-state index < -0.39 is 16.1 Å². The number of carbonyl (C=O) groups excluding carboxylic acids is 1. The number of ether oxygens (including phenoxy) is 1. The van der Waals surface area contributed by atoms with E-state index in [-0.39, 0.29) is 5.91 Å². The molecule has 0 spiro atoms. The average molecular weight is 342 g/mol. The summed E-state index contributed by atoms with van der Waals surface area (Å²) in [6.07, 6.45) is 1.18. The van der Waals surface area contributed by atoms with Gasteiger partial charge in [0, 0.05) is 20.1 Å². The third-order valence-electron chi connectivity index (χ3n) is 3.70. The number of sulfonamides is 1. The summed E-state index contributed by atoms with van der Waals surface area (Å²) >= 11 is 0. The minimum atomic E-state index is -3.30. The second-order valence-electron chi connectivity index (χ2n) is 5.25. The predicted octanol–water partition coefficient (Wildman–Crippen LogP) is 2.11. The average Bonchev–Trinajstić information content (AvgIpc) is 2.52. The molecule has 0 aliphatic rings. The third-order valence-corrected chi connectivity index (χ3v) is 4.90. The van der Waals surface area contributed by atoms with E-state index in [2.05, 4.69) is 0 Å². The maximum Gasteiger partial charge on any atom is 0.263 e. The number of amides is 1. The van der Waals surface area contributed by atoms with Crippen molar-refractivity contribution in [2.75, 3.05) is 30.7 Å². The van der Waals surface area contributed by atoms with Crippen molar-refractivity contribution in [3.63, 3.8) is 0 Å². The Hall–Kier alpha value is -1.76. The normalized spacial score (nSPS) is 12.6. The molecule has 0 radical (unpaired) electrons. The molecule has 130 valence electrons. The van der Waals surface area contributed by atoms with Gasteiger partial charge in [-0.3, -0.25) is 9.10 Å². The van der Waals surface area contributed by atoms with E-state index >= 15 is 0 Å². The quantitative estimate of drug-likeness (QED) is 0.726. The van der Waals surface area contributed by atoms with Gasteiger partial charge in [-0.1, -0.05) is 6.92 Å². The van der Waals surface area contributed by atoms with E-state index in [4.69, 9.17) is 4.74 Å². The lowest BCUT2D eigenvalue weighted by molar-refractivity contribution is -0.138. The standard InChI is InChI=1S/C16H26N2O4S/c1-6-15(16(19)18(7-2)8-3)22-14-11-9-13(10-12-14)17(4)23(5,20)21/h9-12,15H,6-8H2,1-5H3. The van der Waals surface area contributed by atoms with Crippen LogP contribution in [0.5, 0.6) is 5.75 Å². The van der Waals surface area contributed by atoms with E-state index in [0.29, 0.717) is 30.9 Å².